The van der Waals surface area contributed by atoms with Gasteiger partial charge in [0.2, 0.25) is 5.91 Å². The summed E-state index contributed by atoms with van der Waals surface area (Å²) in [4.78, 5) is 22.8. The molecule has 0 radical (unpaired) electrons. The van der Waals surface area contributed by atoms with Gasteiger partial charge in [0.1, 0.15) is 0 Å². The maximum atomic E-state index is 11.9. The van der Waals surface area contributed by atoms with Gasteiger partial charge in [-0.1, -0.05) is 41.0 Å². The monoisotopic (exact) mass is 286 g/mol. The third-order valence-electron chi connectivity index (χ3n) is 4.28. The van der Waals surface area contributed by atoms with Crippen LogP contribution in [-0.2, 0) is 9.59 Å². The van der Waals surface area contributed by atoms with Crippen LogP contribution in [0.25, 0.3) is 0 Å². The standard InChI is InChI=1S/C15H30N2O3/c1-6-10(4)11(5)12(7-13(18)19)8-17-15(20)14(16)9(2)3/h9-12,14H,6-8,16H2,1-5H3,(H,17,20)(H,18,19)/t10-,11-,12+,14+/m1/s1. The first-order valence-corrected chi connectivity index (χ1v) is 7.45. The van der Waals surface area contributed by atoms with Crippen molar-refractivity contribution in [2.45, 2.75) is 53.5 Å². The molecule has 5 heteroatoms. The van der Waals surface area contributed by atoms with Crippen molar-refractivity contribution in [1.82, 2.24) is 5.32 Å². The molecule has 118 valence electrons. The maximum Gasteiger partial charge on any atom is 0.303 e. The van der Waals surface area contributed by atoms with E-state index in [2.05, 4.69) is 26.1 Å². The van der Waals surface area contributed by atoms with Crippen LogP contribution in [0, 0.1) is 23.7 Å². The highest BCUT2D eigenvalue weighted by atomic mass is 16.4. The Kier molecular flexibility index (Phi) is 8.46. The average molecular weight is 286 g/mol. The molecule has 0 aromatic carbocycles. The number of nitrogens with two attached hydrogens (primary N) is 1. The van der Waals surface area contributed by atoms with E-state index in [-0.39, 0.29) is 30.1 Å². The van der Waals surface area contributed by atoms with Crippen molar-refractivity contribution >= 4 is 11.9 Å². The largest absolute Gasteiger partial charge is 0.481 e. The quantitative estimate of drug-likeness (QED) is 0.603. The highest BCUT2D eigenvalue weighted by Gasteiger charge is 2.26. The first-order chi connectivity index (χ1) is 9.20. The lowest BCUT2D eigenvalue weighted by Crippen LogP contribution is -2.46. The number of amides is 1. The SMILES string of the molecule is CC[C@@H](C)[C@@H](C)[C@H](CNC(=O)[C@@H](N)C(C)C)CC(=O)O. The van der Waals surface area contributed by atoms with Gasteiger partial charge in [0.05, 0.1) is 12.5 Å². The number of carbonyl (C=O) groups is 2. The molecule has 4 atom stereocenters. The van der Waals surface area contributed by atoms with Gasteiger partial charge in [0, 0.05) is 6.54 Å². The van der Waals surface area contributed by atoms with E-state index in [9.17, 15) is 9.59 Å². The van der Waals surface area contributed by atoms with Gasteiger partial charge in [-0.15, -0.1) is 0 Å². The van der Waals surface area contributed by atoms with Gasteiger partial charge in [-0.3, -0.25) is 9.59 Å². The Morgan fingerprint density at radius 3 is 2.15 bits per heavy atom. The van der Waals surface area contributed by atoms with Crippen molar-refractivity contribution < 1.29 is 14.7 Å². The van der Waals surface area contributed by atoms with Crippen LogP contribution in [0.1, 0.15) is 47.5 Å². The van der Waals surface area contributed by atoms with Gasteiger partial charge >= 0.3 is 5.97 Å². The molecule has 0 fully saturated rings. The zero-order valence-corrected chi connectivity index (χ0v) is 13.3. The molecule has 0 aliphatic carbocycles. The van der Waals surface area contributed by atoms with Crippen molar-refractivity contribution in [1.29, 1.82) is 0 Å². The normalized spacial score (nSPS) is 17.4. The minimum Gasteiger partial charge on any atom is -0.481 e. The fourth-order valence-electron chi connectivity index (χ4n) is 2.16. The maximum absolute atomic E-state index is 11.9. The summed E-state index contributed by atoms with van der Waals surface area (Å²) in [6, 6.07) is -0.542. The zero-order valence-electron chi connectivity index (χ0n) is 13.3. The fourth-order valence-corrected chi connectivity index (χ4v) is 2.16. The molecule has 0 unspecified atom stereocenters. The second kappa shape index (κ2) is 8.95. The summed E-state index contributed by atoms with van der Waals surface area (Å²) in [5.41, 5.74) is 5.78. The minimum atomic E-state index is -0.826. The number of carboxylic acids is 1. The number of hydrogen-bond donors (Lipinski definition) is 3. The highest BCUT2D eigenvalue weighted by molar-refractivity contribution is 5.81. The molecule has 0 bridgehead atoms. The van der Waals surface area contributed by atoms with Gasteiger partial charge in [-0.05, 0) is 23.7 Å². The van der Waals surface area contributed by atoms with E-state index in [0.717, 1.165) is 6.42 Å². The molecule has 0 rings (SSSR count). The summed E-state index contributed by atoms with van der Waals surface area (Å²) < 4.78 is 0. The van der Waals surface area contributed by atoms with E-state index >= 15 is 0 Å². The van der Waals surface area contributed by atoms with Gasteiger partial charge in [-0.25, -0.2) is 0 Å². The summed E-state index contributed by atoms with van der Waals surface area (Å²) in [7, 11) is 0. The molecule has 0 aliphatic rings. The number of nitrogens with one attached hydrogen (secondary N) is 1. The van der Waals surface area contributed by atoms with Crippen molar-refractivity contribution in [3.63, 3.8) is 0 Å². The van der Waals surface area contributed by atoms with Crippen LogP contribution in [0.2, 0.25) is 0 Å². The Balaban J connectivity index is 4.58. The lowest BCUT2D eigenvalue weighted by atomic mass is 9.80. The Morgan fingerprint density at radius 2 is 1.75 bits per heavy atom. The predicted molar refractivity (Wildman–Crippen MR) is 80.2 cm³/mol. The summed E-state index contributed by atoms with van der Waals surface area (Å²) in [6.45, 7) is 10.4. The van der Waals surface area contributed by atoms with Crippen LogP contribution in [-0.4, -0.2) is 29.6 Å². The number of hydrogen-bond acceptors (Lipinski definition) is 3. The molecule has 0 saturated heterocycles. The van der Waals surface area contributed by atoms with Gasteiger partial charge < -0.3 is 16.2 Å². The third kappa shape index (κ3) is 6.37. The molecular weight excluding hydrogens is 256 g/mol. The molecule has 0 heterocycles. The van der Waals surface area contributed by atoms with Crippen LogP contribution in [0.5, 0.6) is 0 Å². The van der Waals surface area contributed by atoms with Crippen LogP contribution in [0.15, 0.2) is 0 Å². The first-order valence-electron chi connectivity index (χ1n) is 7.45. The van der Waals surface area contributed by atoms with Crippen molar-refractivity contribution in [3.05, 3.63) is 0 Å². The minimum absolute atomic E-state index is 0.0641. The van der Waals surface area contributed by atoms with Crippen LogP contribution >= 0.6 is 0 Å². The third-order valence-corrected chi connectivity index (χ3v) is 4.28. The van der Waals surface area contributed by atoms with E-state index < -0.39 is 12.0 Å². The smallest absolute Gasteiger partial charge is 0.303 e. The molecule has 0 aromatic heterocycles. The molecule has 20 heavy (non-hydrogen) atoms. The van der Waals surface area contributed by atoms with Crippen molar-refractivity contribution in [3.8, 4) is 0 Å². The van der Waals surface area contributed by atoms with Crippen LogP contribution in [0.4, 0.5) is 0 Å². The van der Waals surface area contributed by atoms with E-state index in [1.165, 1.54) is 0 Å². The Morgan fingerprint density at radius 1 is 1.20 bits per heavy atom. The number of carboxylic acid groups (broad SMARTS) is 1. The Hall–Kier alpha value is -1.10. The van der Waals surface area contributed by atoms with Gasteiger partial charge in [-0.2, -0.15) is 0 Å². The number of rotatable bonds is 9. The van der Waals surface area contributed by atoms with E-state index in [1.54, 1.807) is 0 Å². The molecule has 0 spiro atoms. The Bertz CT molecular complexity index is 318. The Labute approximate surface area is 122 Å². The van der Waals surface area contributed by atoms with E-state index in [1.807, 2.05) is 13.8 Å². The van der Waals surface area contributed by atoms with Crippen molar-refractivity contribution in [2.75, 3.05) is 6.54 Å². The molecule has 0 saturated carbocycles. The summed E-state index contributed by atoms with van der Waals surface area (Å²) >= 11 is 0. The van der Waals surface area contributed by atoms with Gasteiger partial charge in [0.25, 0.3) is 0 Å². The topological polar surface area (TPSA) is 92.4 Å². The second-order valence-corrected chi connectivity index (χ2v) is 6.12. The van der Waals surface area contributed by atoms with Crippen LogP contribution < -0.4 is 11.1 Å². The molecule has 0 aromatic rings. The van der Waals surface area contributed by atoms with E-state index in [0.29, 0.717) is 12.5 Å². The fraction of sp³-hybridized carbons (Fsp3) is 0.867. The molecule has 0 aliphatic heterocycles. The number of aliphatic carboxylic acids is 1. The summed E-state index contributed by atoms with van der Waals surface area (Å²) in [6.07, 6.45) is 1.07. The van der Waals surface area contributed by atoms with Crippen molar-refractivity contribution in [2.24, 2.45) is 29.4 Å². The highest BCUT2D eigenvalue weighted by Crippen LogP contribution is 2.25. The lowest BCUT2D eigenvalue weighted by Gasteiger charge is -2.28. The lowest BCUT2D eigenvalue weighted by molar-refractivity contribution is -0.139. The van der Waals surface area contributed by atoms with E-state index in [4.69, 9.17) is 10.8 Å². The first kappa shape index (κ1) is 18.9. The summed E-state index contributed by atoms with van der Waals surface area (Å²) in [5, 5.41) is 11.8. The second-order valence-electron chi connectivity index (χ2n) is 6.12. The van der Waals surface area contributed by atoms with Gasteiger partial charge in [0.15, 0.2) is 0 Å². The zero-order chi connectivity index (χ0) is 15.9. The summed E-state index contributed by atoms with van der Waals surface area (Å²) in [5.74, 6) is -0.355. The average Bonchev–Trinajstić information content (AvgIpc) is 2.39. The molecule has 1 amide bonds. The van der Waals surface area contributed by atoms with Crippen LogP contribution in [0.3, 0.4) is 0 Å². The predicted octanol–water partition coefficient (Wildman–Crippen LogP) is 1.86. The molecule has 5 nitrogen and oxygen atoms in total. The number of carbonyl (C=O) groups excluding carboxylic acids is 1. The molecular formula is C15H30N2O3. The molecule has 4 N–H and O–H groups in total.